The second-order valence-electron chi connectivity index (χ2n) is 5.38. The van der Waals surface area contributed by atoms with Gasteiger partial charge in [-0.1, -0.05) is 15.9 Å². The van der Waals surface area contributed by atoms with Gasteiger partial charge in [-0.25, -0.2) is 9.59 Å². The third-order valence-corrected chi connectivity index (χ3v) is 3.81. The summed E-state index contributed by atoms with van der Waals surface area (Å²) in [6, 6.07) is 5.40. The summed E-state index contributed by atoms with van der Waals surface area (Å²) in [6.07, 6.45) is 0. The summed E-state index contributed by atoms with van der Waals surface area (Å²) in [7, 11) is 0. The largest absolute Gasteiger partial charge is 0.480 e. The standard InChI is InChI=1S/C14H17BrN2O4/c1-9-5-10(15)3-4-11(9)16-13(20)17-7-14(2,8-17)21-6-12(18)19/h3-5H,6-8H2,1-2H3,(H,16,20)(H,18,19). The molecule has 1 saturated heterocycles. The number of benzene rings is 1. The van der Waals surface area contributed by atoms with Crippen molar-refractivity contribution >= 4 is 33.6 Å². The number of hydrogen-bond acceptors (Lipinski definition) is 3. The molecule has 0 bridgehead atoms. The lowest BCUT2D eigenvalue weighted by atomic mass is 9.97. The zero-order valence-electron chi connectivity index (χ0n) is 11.9. The molecule has 1 heterocycles. The molecule has 1 aromatic rings. The van der Waals surface area contributed by atoms with Gasteiger partial charge in [0, 0.05) is 10.2 Å². The van der Waals surface area contributed by atoms with Gasteiger partial charge < -0.3 is 20.1 Å². The summed E-state index contributed by atoms with van der Waals surface area (Å²) >= 11 is 3.37. The number of aryl methyl sites for hydroxylation is 1. The molecule has 0 aliphatic carbocycles. The van der Waals surface area contributed by atoms with Crippen molar-refractivity contribution in [2.45, 2.75) is 19.4 Å². The molecule has 21 heavy (non-hydrogen) atoms. The van der Waals surface area contributed by atoms with Gasteiger partial charge in [0.05, 0.1) is 13.1 Å². The first-order valence-electron chi connectivity index (χ1n) is 6.47. The van der Waals surface area contributed by atoms with Gasteiger partial charge in [0.15, 0.2) is 0 Å². The molecule has 1 aliphatic rings. The Labute approximate surface area is 131 Å². The third-order valence-electron chi connectivity index (χ3n) is 3.31. The number of nitrogens with one attached hydrogen (secondary N) is 1. The molecule has 2 N–H and O–H groups in total. The van der Waals surface area contributed by atoms with Gasteiger partial charge >= 0.3 is 12.0 Å². The van der Waals surface area contributed by atoms with E-state index in [-0.39, 0.29) is 12.6 Å². The average Bonchev–Trinajstić information content (AvgIpc) is 2.36. The number of aliphatic carboxylic acids is 1. The van der Waals surface area contributed by atoms with Crippen molar-refractivity contribution < 1.29 is 19.4 Å². The van der Waals surface area contributed by atoms with E-state index >= 15 is 0 Å². The molecule has 1 aliphatic heterocycles. The van der Waals surface area contributed by atoms with Crippen LogP contribution in [0.25, 0.3) is 0 Å². The molecule has 2 rings (SSSR count). The van der Waals surface area contributed by atoms with E-state index < -0.39 is 11.6 Å². The lowest BCUT2D eigenvalue weighted by Gasteiger charge is -2.46. The highest BCUT2D eigenvalue weighted by Crippen LogP contribution is 2.26. The van der Waals surface area contributed by atoms with Crippen LogP contribution in [0.15, 0.2) is 22.7 Å². The Morgan fingerprint density at radius 2 is 2.14 bits per heavy atom. The molecule has 0 atom stereocenters. The molecule has 7 heteroatoms. The molecule has 0 aromatic heterocycles. The number of carboxylic acids is 1. The Kier molecular flexibility index (Phi) is 4.53. The third kappa shape index (κ3) is 3.95. The molecular weight excluding hydrogens is 340 g/mol. The Balaban J connectivity index is 1.87. The van der Waals surface area contributed by atoms with E-state index in [9.17, 15) is 9.59 Å². The first kappa shape index (κ1) is 15.8. The van der Waals surface area contributed by atoms with E-state index in [0.29, 0.717) is 13.1 Å². The monoisotopic (exact) mass is 356 g/mol. The summed E-state index contributed by atoms with van der Waals surface area (Å²) in [5, 5.41) is 11.4. The highest BCUT2D eigenvalue weighted by atomic mass is 79.9. The van der Waals surface area contributed by atoms with Gasteiger partial charge in [-0.05, 0) is 37.6 Å². The van der Waals surface area contributed by atoms with E-state index in [4.69, 9.17) is 9.84 Å². The molecule has 1 aromatic carbocycles. The first-order valence-corrected chi connectivity index (χ1v) is 7.26. The van der Waals surface area contributed by atoms with Crippen LogP contribution < -0.4 is 5.32 Å². The van der Waals surface area contributed by atoms with E-state index in [0.717, 1.165) is 15.7 Å². The predicted octanol–water partition coefficient (Wildman–Crippen LogP) is 2.46. The fourth-order valence-corrected chi connectivity index (χ4v) is 2.67. The molecule has 1 fully saturated rings. The number of nitrogens with zero attached hydrogens (tertiary/aromatic N) is 1. The zero-order chi connectivity index (χ0) is 15.6. The number of anilines is 1. The number of carboxylic acid groups (broad SMARTS) is 1. The highest BCUT2D eigenvalue weighted by Gasteiger charge is 2.42. The van der Waals surface area contributed by atoms with Crippen molar-refractivity contribution in [1.29, 1.82) is 0 Å². The van der Waals surface area contributed by atoms with Crippen LogP contribution in [0.4, 0.5) is 10.5 Å². The predicted molar refractivity (Wildman–Crippen MR) is 81.5 cm³/mol. The fraction of sp³-hybridized carbons (Fsp3) is 0.429. The maximum Gasteiger partial charge on any atom is 0.329 e. The molecule has 0 saturated carbocycles. The number of carbonyl (C=O) groups excluding carboxylic acids is 1. The minimum Gasteiger partial charge on any atom is -0.480 e. The number of hydrogen-bond donors (Lipinski definition) is 2. The van der Waals surface area contributed by atoms with Crippen molar-refractivity contribution in [1.82, 2.24) is 4.90 Å². The summed E-state index contributed by atoms with van der Waals surface area (Å²) in [6.45, 7) is 4.11. The molecule has 2 amide bonds. The molecule has 114 valence electrons. The van der Waals surface area contributed by atoms with Crippen LogP contribution in [0.3, 0.4) is 0 Å². The Hall–Kier alpha value is -1.60. The summed E-state index contributed by atoms with van der Waals surface area (Å²) in [5.74, 6) is -1.01. The van der Waals surface area contributed by atoms with E-state index in [1.54, 1.807) is 11.8 Å². The Morgan fingerprint density at radius 1 is 1.48 bits per heavy atom. The summed E-state index contributed by atoms with van der Waals surface area (Å²) < 4.78 is 6.22. The molecule has 0 unspecified atom stereocenters. The van der Waals surface area contributed by atoms with Gasteiger partial charge in [0.25, 0.3) is 0 Å². The number of ether oxygens (including phenoxy) is 1. The maximum atomic E-state index is 12.1. The van der Waals surface area contributed by atoms with Crippen LogP contribution in [0.5, 0.6) is 0 Å². The topological polar surface area (TPSA) is 78.9 Å². The van der Waals surface area contributed by atoms with Gasteiger partial charge in [0.1, 0.15) is 12.2 Å². The van der Waals surface area contributed by atoms with E-state index in [1.807, 2.05) is 25.1 Å². The van der Waals surface area contributed by atoms with Crippen LogP contribution in [0.1, 0.15) is 12.5 Å². The Bertz CT molecular complexity index is 570. The van der Waals surface area contributed by atoms with Crippen LogP contribution in [-0.4, -0.2) is 47.3 Å². The number of urea groups is 1. The van der Waals surface area contributed by atoms with Gasteiger partial charge in [0.2, 0.25) is 0 Å². The van der Waals surface area contributed by atoms with Crippen LogP contribution >= 0.6 is 15.9 Å². The minimum absolute atomic E-state index is 0.211. The quantitative estimate of drug-likeness (QED) is 0.868. The summed E-state index contributed by atoms with van der Waals surface area (Å²) in [4.78, 5) is 24.2. The average molecular weight is 357 g/mol. The molecule has 0 spiro atoms. The molecule has 0 radical (unpaired) electrons. The first-order chi connectivity index (χ1) is 9.79. The van der Waals surface area contributed by atoms with Crippen LogP contribution in [0, 0.1) is 6.92 Å². The normalized spacial score (nSPS) is 16.2. The molecular formula is C14H17BrN2O4. The SMILES string of the molecule is Cc1cc(Br)ccc1NC(=O)N1CC(C)(OCC(=O)O)C1. The van der Waals surface area contributed by atoms with E-state index in [1.165, 1.54) is 0 Å². The molecule has 6 nitrogen and oxygen atoms in total. The number of amides is 2. The smallest absolute Gasteiger partial charge is 0.329 e. The lowest BCUT2D eigenvalue weighted by molar-refractivity contribution is -0.159. The Morgan fingerprint density at radius 3 is 2.71 bits per heavy atom. The van der Waals surface area contributed by atoms with Crippen molar-refractivity contribution in [3.05, 3.63) is 28.2 Å². The van der Waals surface area contributed by atoms with Crippen LogP contribution in [-0.2, 0) is 9.53 Å². The number of halogens is 1. The van der Waals surface area contributed by atoms with Crippen molar-refractivity contribution in [3.8, 4) is 0 Å². The second-order valence-corrected chi connectivity index (χ2v) is 6.29. The second kappa shape index (κ2) is 6.03. The number of carbonyl (C=O) groups is 2. The summed E-state index contributed by atoms with van der Waals surface area (Å²) in [5.41, 5.74) is 1.14. The zero-order valence-corrected chi connectivity index (χ0v) is 13.4. The highest BCUT2D eigenvalue weighted by molar-refractivity contribution is 9.10. The van der Waals surface area contributed by atoms with Crippen molar-refractivity contribution in [2.24, 2.45) is 0 Å². The maximum absolute atomic E-state index is 12.1. The minimum atomic E-state index is -1.01. The van der Waals surface area contributed by atoms with Gasteiger partial charge in [-0.2, -0.15) is 0 Å². The van der Waals surface area contributed by atoms with Crippen molar-refractivity contribution in [3.63, 3.8) is 0 Å². The fourth-order valence-electron chi connectivity index (χ4n) is 2.19. The van der Waals surface area contributed by atoms with Crippen LogP contribution in [0.2, 0.25) is 0 Å². The van der Waals surface area contributed by atoms with Gasteiger partial charge in [-0.15, -0.1) is 0 Å². The number of rotatable bonds is 4. The van der Waals surface area contributed by atoms with Gasteiger partial charge in [-0.3, -0.25) is 0 Å². The number of likely N-dealkylation sites (tertiary alicyclic amines) is 1. The van der Waals surface area contributed by atoms with E-state index in [2.05, 4.69) is 21.2 Å². The lowest BCUT2D eigenvalue weighted by Crippen LogP contribution is -2.64. The van der Waals surface area contributed by atoms with Crippen molar-refractivity contribution in [2.75, 3.05) is 25.0 Å².